The number of piperidine rings is 1. The molecule has 3 heterocycles. The van der Waals surface area contributed by atoms with Crippen LogP contribution < -0.4 is 10.2 Å². The molecule has 1 N–H and O–H groups in total. The molecule has 0 spiro atoms. The Labute approximate surface area is 128 Å². The van der Waals surface area contributed by atoms with E-state index >= 15 is 0 Å². The summed E-state index contributed by atoms with van der Waals surface area (Å²) in [7, 11) is 0. The molecule has 6 heteroatoms. The van der Waals surface area contributed by atoms with Gasteiger partial charge in [-0.3, -0.25) is 4.79 Å². The highest BCUT2D eigenvalue weighted by atomic mass is 32.1. The molecule has 0 saturated carbocycles. The number of nitrogens with one attached hydrogen (secondary N) is 1. The van der Waals surface area contributed by atoms with Crippen LogP contribution in [0.1, 0.15) is 34.6 Å². The van der Waals surface area contributed by atoms with Crippen LogP contribution in [0.15, 0.2) is 29.6 Å². The lowest BCUT2D eigenvalue weighted by molar-refractivity contribution is 0.0945. The van der Waals surface area contributed by atoms with Crippen molar-refractivity contribution in [2.24, 2.45) is 0 Å². The normalized spacial score (nSPS) is 15.0. The summed E-state index contributed by atoms with van der Waals surface area (Å²) >= 11 is 1.62. The molecule has 2 aromatic rings. The van der Waals surface area contributed by atoms with Gasteiger partial charge in [-0.15, -0.1) is 21.5 Å². The van der Waals surface area contributed by atoms with E-state index in [1.807, 2.05) is 23.6 Å². The maximum atomic E-state index is 12.0. The Bertz CT molecular complexity index is 576. The highest BCUT2D eigenvalue weighted by molar-refractivity contribution is 7.09. The van der Waals surface area contributed by atoms with Gasteiger partial charge in [0.15, 0.2) is 11.5 Å². The zero-order valence-corrected chi connectivity index (χ0v) is 12.6. The molecule has 1 amide bonds. The quantitative estimate of drug-likeness (QED) is 0.942. The summed E-state index contributed by atoms with van der Waals surface area (Å²) in [5.41, 5.74) is 0.368. The molecule has 1 saturated heterocycles. The average Bonchev–Trinajstić information content (AvgIpc) is 3.07. The van der Waals surface area contributed by atoms with Gasteiger partial charge in [0.05, 0.1) is 6.54 Å². The van der Waals surface area contributed by atoms with Crippen molar-refractivity contribution in [2.45, 2.75) is 25.8 Å². The summed E-state index contributed by atoms with van der Waals surface area (Å²) < 4.78 is 0. The first-order chi connectivity index (χ1) is 10.3. The van der Waals surface area contributed by atoms with E-state index < -0.39 is 0 Å². The number of hydrogen-bond acceptors (Lipinski definition) is 5. The fourth-order valence-electron chi connectivity index (χ4n) is 2.41. The highest BCUT2D eigenvalue weighted by Gasteiger charge is 2.14. The Morgan fingerprint density at radius 1 is 1.19 bits per heavy atom. The maximum absolute atomic E-state index is 12.0. The van der Waals surface area contributed by atoms with Gasteiger partial charge in [0, 0.05) is 18.0 Å². The van der Waals surface area contributed by atoms with Crippen LogP contribution in [0.3, 0.4) is 0 Å². The lowest BCUT2D eigenvalue weighted by atomic mass is 10.1. The van der Waals surface area contributed by atoms with E-state index in [2.05, 4.69) is 20.4 Å². The monoisotopic (exact) mass is 302 g/mol. The number of anilines is 1. The Hall–Kier alpha value is -1.95. The van der Waals surface area contributed by atoms with Crippen molar-refractivity contribution < 1.29 is 4.79 Å². The summed E-state index contributed by atoms with van der Waals surface area (Å²) in [5.74, 6) is 0.686. The second kappa shape index (κ2) is 6.67. The van der Waals surface area contributed by atoms with E-state index in [1.54, 1.807) is 17.4 Å². The molecule has 1 aliphatic rings. The lowest BCUT2D eigenvalue weighted by Gasteiger charge is -2.27. The summed E-state index contributed by atoms with van der Waals surface area (Å²) in [4.78, 5) is 15.4. The Balaban J connectivity index is 1.59. The van der Waals surface area contributed by atoms with Gasteiger partial charge in [-0.1, -0.05) is 6.07 Å². The van der Waals surface area contributed by atoms with Crippen LogP contribution in [0.2, 0.25) is 0 Å². The average molecular weight is 302 g/mol. The van der Waals surface area contributed by atoms with Crippen LogP contribution in [0.5, 0.6) is 0 Å². The van der Waals surface area contributed by atoms with E-state index in [-0.39, 0.29) is 5.91 Å². The van der Waals surface area contributed by atoms with E-state index in [9.17, 15) is 4.79 Å². The first-order valence-electron chi connectivity index (χ1n) is 7.22. The molecule has 2 aromatic heterocycles. The fourth-order valence-corrected chi connectivity index (χ4v) is 3.05. The number of carbonyl (C=O) groups excluding carboxylic acids is 1. The lowest BCUT2D eigenvalue weighted by Crippen LogP contribution is -2.31. The number of rotatable bonds is 4. The third-order valence-electron chi connectivity index (χ3n) is 3.57. The van der Waals surface area contributed by atoms with Gasteiger partial charge < -0.3 is 10.2 Å². The van der Waals surface area contributed by atoms with Crippen molar-refractivity contribution >= 4 is 23.1 Å². The largest absolute Gasteiger partial charge is 0.355 e. The minimum atomic E-state index is -0.180. The van der Waals surface area contributed by atoms with Crippen LogP contribution in [0.4, 0.5) is 5.82 Å². The van der Waals surface area contributed by atoms with Gasteiger partial charge in [0.25, 0.3) is 5.91 Å². The van der Waals surface area contributed by atoms with Crippen molar-refractivity contribution in [1.29, 1.82) is 0 Å². The van der Waals surface area contributed by atoms with Crippen molar-refractivity contribution in [3.05, 3.63) is 40.2 Å². The smallest absolute Gasteiger partial charge is 0.272 e. The standard InChI is InChI=1S/C15H18N4OS/c20-15(16-11-12-5-4-10-21-12)13-6-7-14(18-17-13)19-8-2-1-3-9-19/h4-7,10H,1-3,8-9,11H2,(H,16,20). The number of carbonyl (C=O) groups is 1. The molecule has 0 aromatic carbocycles. The van der Waals surface area contributed by atoms with Crippen molar-refractivity contribution in [2.75, 3.05) is 18.0 Å². The number of thiophene rings is 1. The summed E-state index contributed by atoms with van der Waals surface area (Å²) in [6.45, 7) is 2.59. The second-order valence-electron chi connectivity index (χ2n) is 5.09. The van der Waals surface area contributed by atoms with Gasteiger partial charge in [-0.05, 0) is 42.8 Å². The molecular weight excluding hydrogens is 284 g/mol. The Kier molecular flexibility index (Phi) is 4.45. The predicted molar refractivity (Wildman–Crippen MR) is 83.6 cm³/mol. The molecule has 0 unspecified atom stereocenters. The zero-order valence-electron chi connectivity index (χ0n) is 11.8. The predicted octanol–water partition coefficient (Wildman–Crippen LogP) is 2.46. The topological polar surface area (TPSA) is 58.1 Å². The second-order valence-corrected chi connectivity index (χ2v) is 6.12. The fraction of sp³-hybridized carbons (Fsp3) is 0.400. The van der Waals surface area contributed by atoms with Crippen LogP contribution in [0, 0.1) is 0 Å². The van der Waals surface area contributed by atoms with Crippen LogP contribution >= 0.6 is 11.3 Å². The third-order valence-corrected chi connectivity index (χ3v) is 4.44. The SMILES string of the molecule is O=C(NCc1cccs1)c1ccc(N2CCCCC2)nn1. The van der Waals surface area contributed by atoms with Crippen LogP contribution in [-0.2, 0) is 6.54 Å². The molecule has 5 nitrogen and oxygen atoms in total. The van der Waals surface area contributed by atoms with E-state index in [0.717, 1.165) is 23.8 Å². The zero-order chi connectivity index (χ0) is 14.5. The van der Waals surface area contributed by atoms with E-state index in [0.29, 0.717) is 12.2 Å². The van der Waals surface area contributed by atoms with Crippen LogP contribution in [0.25, 0.3) is 0 Å². The summed E-state index contributed by atoms with van der Waals surface area (Å²) in [6, 6.07) is 7.61. The molecule has 110 valence electrons. The van der Waals surface area contributed by atoms with Gasteiger partial charge in [-0.25, -0.2) is 0 Å². The first kappa shape index (κ1) is 14.0. The molecule has 1 fully saturated rings. The molecule has 0 bridgehead atoms. The Morgan fingerprint density at radius 2 is 2.05 bits per heavy atom. The summed E-state index contributed by atoms with van der Waals surface area (Å²) in [6.07, 6.45) is 3.68. The minimum absolute atomic E-state index is 0.180. The summed E-state index contributed by atoms with van der Waals surface area (Å²) in [5, 5.41) is 13.1. The molecule has 0 atom stereocenters. The maximum Gasteiger partial charge on any atom is 0.272 e. The van der Waals surface area contributed by atoms with Gasteiger partial charge in [0.2, 0.25) is 0 Å². The van der Waals surface area contributed by atoms with Crippen LogP contribution in [-0.4, -0.2) is 29.2 Å². The van der Waals surface area contributed by atoms with Gasteiger partial charge in [-0.2, -0.15) is 0 Å². The highest BCUT2D eigenvalue weighted by Crippen LogP contribution is 2.16. The molecule has 1 aliphatic heterocycles. The van der Waals surface area contributed by atoms with Crippen molar-refractivity contribution in [3.63, 3.8) is 0 Å². The Morgan fingerprint density at radius 3 is 2.71 bits per heavy atom. The molecule has 0 radical (unpaired) electrons. The molecule has 0 aliphatic carbocycles. The molecule has 21 heavy (non-hydrogen) atoms. The van der Waals surface area contributed by atoms with Crippen molar-refractivity contribution in [3.8, 4) is 0 Å². The van der Waals surface area contributed by atoms with Gasteiger partial charge in [0.1, 0.15) is 0 Å². The number of aromatic nitrogens is 2. The number of nitrogens with zero attached hydrogens (tertiary/aromatic N) is 3. The molecular formula is C15H18N4OS. The minimum Gasteiger partial charge on any atom is -0.355 e. The van der Waals surface area contributed by atoms with E-state index in [1.165, 1.54) is 19.3 Å². The molecule has 3 rings (SSSR count). The number of amides is 1. The van der Waals surface area contributed by atoms with Gasteiger partial charge >= 0.3 is 0 Å². The third kappa shape index (κ3) is 3.58. The van der Waals surface area contributed by atoms with E-state index in [4.69, 9.17) is 0 Å². The van der Waals surface area contributed by atoms with Crippen molar-refractivity contribution in [1.82, 2.24) is 15.5 Å². The number of hydrogen-bond donors (Lipinski definition) is 1. The first-order valence-corrected chi connectivity index (χ1v) is 8.10.